The molecule has 2 heteroatoms. The van der Waals surface area contributed by atoms with Gasteiger partial charge in [0.15, 0.2) is 0 Å². The topological polar surface area (TPSA) is 32.3 Å². The van der Waals surface area contributed by atoms with Crippen LogP contribution in [0.25, 0.3) is 11.1 Å². The number of phenols is 1. The lowest BCUT2D eigenvalue weighted by molar-refractivity contribution is 0.475. The molecule has 0 heterocycles. The molecular weight excluding hydrogens is 282 g/mol. The molecule has 0 spiro atoms. The largest absolute Gasteiger partial charge is 0.508 e. The molecule has 0 aliphatic heterocycles. The second-order valence-corrected chi connectivity index (χ2v) is 6.01. The molecule has 0 radical (unpaired) electrons. The van der Waals surface area contributed by atoms with E-state index >= 15 is 0 Å². The smallest absolute Gasteiger partial charge is 0.115 e. The summed E-state index contributed by atoms with van der Waals surface area (Å²) in [7, 11) is 0. The van der Waals surface area contributed by atoms with Crippen molar-refractivity contribution in [2.45, 2.75) is 25.8 Å². The summed E-state index contributed by atoms with van der Waals surface area (Å²) in [5, 5.41) is 12.9. The summed E-state index contributed by atoms with van der Waals surface area (Å²) < 4.78 is 0. The summed E-state index contributed by atoms with van der Waals surface area (Å²) in [6, 6.07) is 22.9. The van der Waals surface area contributed by atoms with Crippen LogP contribution in [0.5, 0.6) is 5.75 Å². The highest BCUT2D eigenvalue weighted by Gasteiger charge is 2.13. The number of aromatic hydroxyl groups is 1. The molecule has 3 rings (SSSR count). The minimum Gasteiger partial charge on any atom is -0.508 e. The fraction of sp³-hybridized carbons (Fsp3) is 0.238. The van der Waals surface area contributed by atoms with Crippen LogP contribution in [0.1, 0.15) is 30.5 Å². The number of hydrogen-bond donors (Lipinski definition) is 2. The molecule has 0 aromatic heterocycles. The van der Waals surface area contributed by atoms with E-state index in [9.17, 15) is 5.11 Å². The third-order valence-electron chi connectivity index (χ3n) is 4.32. The van der Waals surface area contributed by atoms with Crippen molar-refractivity contribution in [2.75, 3.05) is 6.54 Å². The molecule has 0 bridgehead atoms. The van der Waals surface area contributed by atoms with E-state index in [4.69, 9.17) is 0 Å². The molecule has 2 N–H and O–H groups in total. The van der Waals surface area contributed by atoms with E-state index in [1.54, 1.807) is 12.1 Å². The van der Waals surface area contributed by atoms with Crippen LogP contribution in [0.15, 0.2) is 66.7 Å². The summed E-state index contributed by atoms with van der Waals surface area (Å²) in [4.78, 5) is 0. The Bertz CT molecular complexity index is 720. The van der Waals surface area contributed by atoms with Gasteiger partial charge in [-0.05, 0) is 60.7 Å². The maximum absolute atomic E-state index is 9.30. The van der Waals surface area contributed by atoms with Crippen molar-refractivity contribution in [1.82, 2.24) is 5.32 Å². The van der Waals surface area contributed by atoms with Gasteiger partial charge >= 0.3 is 0 Å². The van der Waals surface area contributed by atoms with Gasteiger partial charge in [-0.25, -0.2) is 0 Å². The molecule has 0 fully saturated rings. The zero-order chi connectivity index (χ0) is 16.1. The van der Waals surface area contributed by atoms with Crippen molar-refractivity contribution in [3.63, 3.8) is 0 Å². The van der Waals surface area contributed by atoms with Crippen molar-refractivity contribution in [3.8, 4) is 16.9 Å². The van der Waals surface area contributed by atoms with E-state index < -0.39 is 0 Å². The van der Waals surface area contributed by atoms with Gasteiger partial charge in [0, 0.05) is 6.04 Å². The molecular formula is C21H23NO. The highest BCUT2D eigenvalue weighted by atomic mass is 16.3. The zero-order valence-corrected chi connectivity index (χ0v) is 13.5. The third-order valence-corrected chi connectivity index (χ3v) is 4.32. The second-order valence-electron chi connectivity index (χ2n) is 6.01. The Morgan fingerprint density at radius 2 is 1.70 bits per heavy atom. The molecule has 1 unspecified atom stereocenters. The Morgan fingerprint density at radius 3 is 2.52 bits per heavy atom. The van der Waals surface area contributed by atoms with Crippen LogP contribution in [0.2, 0.25) is 0 Å². The van der Waals surface area contributed by atoms with Gasteiger partial charge in [0.25, 0.3) is 0 Å². The number of fused-ring (bicyclic) bond motifs is 1. The van der Waals surface area contributed by atoms with E-state index in [0.717, 1.165) is 19.4 Å². The lowest BCUT2D eigenvalue weighted by Gasteiger charge is -2.14. The van der Waals surface area contributed by atoms with Crippen LogP contribution in [0, 0.1) is 0 Å². The maximum Gasteiger partial charge on any atom is 0.115 e. The summed E-state index contributed by atoms with van der Waals surface area (Å²) in [6.45, 7) is 3.20. The minimum absolute atomic E-state index is 0.330. The fourth-order valence-electron chi connectivity index (χ4n) is 3.00. The Hall–Kier alpha value is -2.32. The van der Waals surface area contributed by atoms with Crippen LogP contribution in [-0.4, -0.2) is 11.7 Å². The van der Waals surface area contributed by atoms with Gasteiger partial charge in [0.2, 0.25) is 0 Å². The van der Waals surface area contributed by atoms with Crippen LogP contribution >= 0.6 is 0 Å². The third kappa shape index (κ3) is 3.91. The first-order valence-electron chi connectivity index (χ1n) is 8.23. The monoisotopic (exact) mass is 305 g/mol. The minimum atomic E-state index is 0.330. The van der Waals surface area contributed by atoms with Gasteiger partial charge in [-0.3, -0.25) is 0 Å². The quantitative estimate of drug-likeness (QED) is 0.642. The van der Waals surface area contributed by atoms with E-state index in [1.165, 1.54) is 22.3 Å². The molecule has 1 atom stereocenters. The Kier molecular flexibility index (Phi) is 4.94. The standard InChI is InChI=1S/C21H23NO/c1-16(20-14-11-18-7-3-2-4-8-21(18)20)22-15-5-6-17-9-12-19(23)13-10-17/h2-4,7-14,16,22-23H,5-6,15H2,1H3. The molecule has 0 saturated heterocycles. The SMILES string of the molecule is CC(NCCCc1ccc(O)cc1)c1ccc2cccccc1-2. The van der Waals surface area contributed by atoms with Crippen LogP contribution in [0.4, 0.5) is 0 Å². The summed E-state index contributed by atoms with van der Waals surface area (Å²) in [6.07, 6.45) is 2.11. The van der Waals surface area contributed by atoms with Crippen LogP contribution in [0.3, 0.4) is 0 Å². The average molecular weight is 305 g/mol. The number of rotatable bonds is 6. The van der Waals surface area contributed by atoms with Crippen molar-refractivity contribution in [2.24, 2.45) is 0 Å². The predicted molar refractivity (Wildman–Crippen MR) is 95.9 cm³/mol. The molecule has 118 valence electrons. The van der Waals surface area contributed by atoms with Gasteiger partial charge in [-0.15, -0.1) is 0 Å². The van der Waals surface area contributed by atoms with Gasteiger partial charge in [0.1, 0.15) is 5.75 Å². The number of benzene rings is 1. The van der Waals surface area contributed by atoms with Crippen molar-refractivity contribution < 1.29 is 5.11 Å². The first-order valence-corrected chi connectivity index (χ1v) is 8.23. The number of hydrogen-bond acceptors (Lipinski definition) is 2. The first-order chi connectivity index (χ1) is 11.2. The number of aryl methyl sites for hydroxylation is 1. The average Bonchev–Trinajstić information content (AvgIpc) is 2.82. The number of phenolic OH excluding ortho intramolecular Hbond substituents is 1. The molecule has 0 amide bonds. The van der Waals surface area contributed by atoms with Crippen LogP contribution in [-0.2, 0) is 6.42 Å². The molecule has 2 aliphatic rings. The van der Waals surface area contributed by atoms with Crippen molar-refractivity contribution >= 4 is 0 Å². The summed E-state index contributed by atoms with van der Waals surface area (Å²) in [5.41, 5.74) is 5.25. The highest BCUT2D eigenvalue weighted by molar-refractivity contribution is 5.70. The molecule has 1 aromatic rings. The lowest BCUT2D eigenvalue weighted by Crippen LogP contribution is -2.20. The predicted octanol–water partition coefficient (Wildman–Crippen LogP) is 4.78. The first kappa shape index (κ1) is 15.6. The Morgan fingerprint density at radius 1 is 0.913 bits per heavy atom. The van der Waals surface area contributed by atoms with Gasteiger partial charge in [0.05, 0.1) is 0 Å². The number of nitrogens with one attached hydrogen (secondary N) is 1. The Balaban J connectivity index is 1.53. The van der Waals surface area contributed by atoms with Crippen LogP contribution < -0.4 is 5.32 Å². The normalized spacial score (nSPS) is 12.4. The fourth-order valence-corrected chi connectivity index (χ4v) is 3.00. The highest BCUT2D eigenvalue weighted by Crippen LogP contribution is 2.31. The van der Waals surface area contributed by atoms with Crippen molar-refractivity contribution in [3.05, 3.63) is 77.9 Å². The van der Waals surface area contributed by atoms with Gasteiger partial charge < -0.3 is 10.4 Å². The molecule has 23 heavy (non-hydrogen) atoms. The van der Waals surface area contributed by atoms with Crippen molar-refractivity contribution in [1.29, 1.82) is 0 Å². The van der Waals surface area contributed by atoms with E-state index in [0.29, 0.717) is 11.8 Å². The summed E-state index contributed by atoms with van der Waals surface area (Å²) >= 11 is 0. The van der Waals surface area contributed by atoms with E-state index in [-0.39, 0.29) is 0 Å². The van der Waals surface area contributed by atoms with Gasteiger partial charge in [-0.2, -0.15) is 0 Å². The Labute approximate surface area is 138 Å². The zero-order valence-electron chi connectivity index (χ0n) is 13.5. The summed E-state index contributed by atoms with van der Waals surface area (Å²) in [5.74, 6) is 0.330. The maximum atomic E-state index is 9.30. The molecule has 2 aliphatic carbocycles. The van der Waals surface area contributed by atoms with E-state index in [1.807, 2.05) is 12.1 Å². The van der Waals surface area contributed by atoms with Gasteiger partial charge in [-0.1, -0.05) is 54.6 Å². The molecule has 0 saturated carbocycles. The lowest BCUT2D eigenvalue weighted by atomic mass is 10.0. The molecule has 2 nitrogen and oxygen atoms in total. The van der Waals surface area contributed by atoms with E-state index in [2.05, 4.69) is 54.7 Å². The second kappa shape index (κ2) is 7.30. The molecule has 1 aromatic carbocycles.